The van der Waals surface area contributed by atoms with E-state index in [1.807, 2.05) is 58.9 Å². The third-order valence-electron chi connectivity index (χ3n) is 10.9. The summed E-state index contributed by atoms with van der Waals surface area (Å²) in [6.45, 7) is 18.1. The molecule has 8 atom stereocenters. The van der Waals surface area contributed by atoms with E-state index >= 15 is 4.79 Å². The Bertz CT molecular complexity index is 1550. The third kappa shape index (κ3) is 5.63. The highest BCUT2D eigenvalue weighted by atomic mass is 35.5. The summed E-state index contributed by atoms with van der Waals surface area (Å²) < 4.78 is 12.6. The number of ether oxygens (including phenoxy) is 2. The Morgan fingerprint density at radius 1 is 1.10 bits per heavy atom. The van der Waals surface area contributed by atoms with Gasteiger partial charge in [-0.05, 0) is 68.5 Å². The lowest BCUT2D eigenvalue weighted by molar-refractivity contribution is -0.150. The Morgan fingerprint density at radius 3 is 2.33 bits per heavy atom. The van der Waals surface area contributed by atoms with Gasteiger partial charge in [0.05, 0.1) is 47.4 Å². The van der Waals surface area contributed by atoms with Crippen LogP contribution in [0.15, 0.2) is 73.8 Å². The first-order chi connectivity index (χ1) is 22.9. The summed E-state index contributed by atoms with van der Waals surface area (Å²) in [6.07, 6.45) is 4.32. The molecule has 5 rings (SSSR count). The van der Waals surface area contributed by atoms with E-state index in [0.29, 0.717) is 41.6 Å². The van der Waals surface area contributed by atoms with Crippen molar-refractivity contribution in [1.29, 1.82) is 0 Å². The van der Waals surface area contributed by atoms with Crippen molar-refractivity contribution in [3.05, 3.63) is 78.9 Å². The molecule has 2 aromatic rings. The fraction of sp³-hybridized carbons (Fsp3) is 0.500. The first-order valence-electron chi connectivity index (χ1n) is 16.9. The number of carbonyl (C=O) groups is 3. The van der Waals surface area contributed by atoms with Gasteiger partial charge in [0.25, 0.3) is 5.91 Å². The van der Waals surface area contributed by atoms with Crippen molar-refractivity contribution in [1.82, 2.24) is 4.90 Å². The Labute approximate surface area is 289 Å². The summed E-state index contributed by atoms with van der Waals surface area (Å²) in [5, 5.41) is 11.2. The molecule has 0 radical (unpaired) electrons. The number of aliphatic hydroxyl groups is 1. The van der Waals surface area contributed by atoms with Gasteiger partial charge in [0.15, 0.2) is 0 Å². The first-order valence-corrected chi connectivity index (χ1v) is 17.3. The molecule has 3 saturated heterocycles. The average molecular weight is 678 g/mol. The molecule has 10 heteroatoms. The molecule has 258 valence electrons. The SMILES string of the molecule is C=CCN(C(=O)[C@H]1[C@H]2C(=O)N([C@@H](CO)[C@@H](C)CC)C(C(=O)N(CC=C)c3ccccc3Cl)C23CC(C)[C@]1(C)O3)c1ccc(OCC)cc1. The number of fused-ring (bicyclic) bond motifs is 1. The predicted octanol–water partition coefficient (Wildman–Crippen LogP) is 5.89. The number of amides is 3. The van der Waals surface area contributed by atoms with E-state index in [4.69, 9.17) is 21.1 Å². The van der Waals surface area contributed by atoms with E-state index in [2.05, 4.69) is 13.2 Å². The zero-order valence-corrected chi connectivity index (χ0v) is 29.4. The molecule has 3 unspecified atom stereocenters. The Balaban J connectivity index is 1.66. The van der Waals surface area contributed by atoms with Gasteiger partial charge >= 0.3 is 0 Å². The van der Waals surface area contributed by atoms with Crippen molar-refractivity contribution in [2.75, 3.05) is 36.1 Å². The van der Waals surface area contributed by atoms with Gasteiger partial charge in [-0.1, -0.05) is 63.1 Å². The minimum atomic E-state index is -1.32. The van der Waals surface area contributed by atoms with Crippen molar-refractivity contribution in [3.8, 4) is 5.75 Å². The third-order valence-corrected chi connectivity index (χ3v) is 11.2. The molecule has 9 nitrogen and oxygen atoms in total. The maximum absolute atomic E-state index is 15.1. The topological polar surface area (TPSA) is 99.6 Å². The van der Waals surface area contributed by atoms with Crippen molar-refractivity contribution in [2.45, 2.75) is 70.7 Å². The summed E-state index contributed by atoms with van der Waals surface area (Å²) in [4.78, 5) is 49.7. The van der Waals surface area contributed by atoms with E-state index in [-0.39, 0.29) is 49.3 Å². The molecular weight excluding hydrogens is 630 g/mol. The largest absolute Gasteiger partial charge is 0.494 e. The van der Waals surface area contributed by atoms with Crippen LogP contribution in [0.25, 0.3) is 0 Å². The number of aliphatic hydroxyl groups excluding tert-OH is 1. The van der Waals surface area contributed by atoms with E-state index in [0.717, 1.165) is 0 Å². The number of carbonyl (C=O) groups excluding carboxylic acids is 3. The second-order valence-electron chi connectivity index (χ2n) is 13.4. The molecule has 3 aliphatic heterocycles. The molecule has 3 fully saturated rings. The van der Waals surface area contributed by atoms with Crippen molar-refractivity contribution < 1.29 is 29.0 Å². The van der Waals surface area contributed by atoms with Gasteiger partial charge in [-0.3, -0.25) is 14.4 Å². The lowest BCUT2D eigenvalue weighted by atomic mass is 9.62. The highest BCUT2D eigenvalue weighted by Crippen LogP contribution is 2.66. The van der Waals surface area contributed by atoms with Crippen LogP contribution in [-0.2, 0) is 19.1 Å². The molecule has 3 heterocycles. The molecule has 1 N–H and O–H groups in total. The van der Waals surface area contributed by atoms with Crippen molar-refractivity contribution in [2.24, 2.45) is 23.7 Å². The van der Waals surface area contributed by atoms with Crippen LogP contribution < -0.4 is 14.5 Å². The smallest absolute Gasteiger partial charge is 0.253 e. The van der Waals surface area contributed by atoms with Gasteiger partial charge in [0.1, 0.15) is 17.4 Å². The minimum Gasteiger partial charge on any atom is -0.494 e. The van der Waals surface area contributed by atoms with Gasteiger partial charge in [-0.25, -0.2) is 0 Å². The van der Waals surface area contributed by atoms with E-state index in [9.17, 15) is 14.7 Å². The number of rotatable bonds is 14. The van der Waals surface area contributed by atoms with Gasteiger partial charge in [-0.2, -0.15) is 0 Å². The van der Waals surface area contributed by atoms with Crippen LogP contribution in [0.1, 0.15) is 47.5 Å². The molecule has 48 heavy (non-hydrogen) atoms. The highest BCUT2D eigenvalue weighted by Gasteiger charge is 2.80. The summed E-state index contributed by atoms with van der Waals surface area (Å²) >= 11 is 6.64. The van der Waals surface area contributed by atoms with E-state index in [1.54, 1.807) is 46.2 Å². The van der Waals surface area contributed by atoms with Crippen LogP contribution in [0, 0.1) is 23.7 Å². The Kier molecular flexibility index (Phi) is 10.4. The molecule has 0 aliphatic carbocycles. The maximum atomic E-state index is 15.1. The molecule has 3 aliphatic rings. The lowest BCUT2D eigenvalue weighted by Gasteiger charge is -2.41. The molecular formula is C38H48ClN3O6. The van der Waals surface area contributed by atoms with Gasteiger partial charge in [-0.15, -0.1) is 13.2 Å². The normalized spacial score (nSPS) is 28.5. The van der Waals surface area contributed by atoms with Crippen LogP contribution in [0.5, 0.6) is 5.75 Å². The summed E-state index contributed by atoms with van der Waals surface area (Å²) in [5.74, 6) is -2.50. The van der Waals surface area contributed by atoms with Gasteiger partial charge < -0.3 is 29.3 Å². The quantitative estimate of drug-likeness (QED) is 0.250. The number of benzene rings is 2. The molecule has 0 aromatic heterocycles. The van der Waals surface area contributed by atoms with Crippen LogP contribution in [-0.4, -0.2) is 77.3 Å². The van der Waals surface area contributed by atoms with Crippen LogP contribution >= 0.6 is 11.6 Å². The zero-order chi connectivity index (χ0) is 35.0. The maximum Gasteiger partial charge on any atom is 0.253 e. The average Bonchev–Trinajstić information content (AvgIpc) is 3.59. The zero-order valence-electron chi connectivity index (χ0n) is 28.6. The summed E-state index contributed by atoms with van der Waals surface area (Å²) in [5.41, 5.74) is -1.24. The minimum absolute atomic E-state index is 0.134. The number of halogens is 1. The highest BCUT2D eigenvalue weighted by molar-refractivity contribution is 6.34. The predicted molar refractivity (Wildman–Crippen MR) is 188 cm³/mol. The number of anilines is 2. The molecule has 2 bridgehead atoms. The van der Waals surface area contributed by atoms with Crippen LogP contribution in [0.3, 0.4) is 0 Å². The molecule has 2 aromatic carbocycles. The number of para-hydroxylation sites is 1. The number of likely N-dealkylation sites (tertiary alicyclic amines) is 1. The number of hydrogen-bond acceptors (Lipinski definition) is 6. The van der Waals surface area contributed by atoms with Gasteiger partial charge in [0, 0.05) is 18.8 Å². The number of nitrogens with zero attached hydrogens (tertiary/aromatic N) is 3. The summed E-state index contributed by atoms with van der Waals surface area (Å²) in [6, 6.07) is 12.5. The second kappa shape index (κ2) is 14.1. The standard InChI is InChI=1S/C38H48ClN3O6/c1-8-20-40(26-16-18-27(19-17-26)47-11-4)34(44)31-32-35(45)42(30(23-43)24(5)10-3)33(38(32)22-25(6)37(31,7)48-38)36(46)41(21-9-2)29-15-13-12-14-28(29)39/h8-9,12-19,24-25,30-33,43H,1-2,10-11,20-23H2,3-7H3/t24-,25?,30-,31+,32-,33?,37-,38?/m0/s1. The van der Waals surface area contributed by atoms with E-state index in [1.165, 1.54) is 4.90 Å². The van der Waals surface area contributed by atoms with Crippen molar-refractivity contribution >= 4 is 40.7 Å². The van der Waals surface area contributed by atoms with E-state index < -0.39 is 35.1 Å². The van der Waals surface area contributed by atoms with Gasteiger partial charge in [0.2, 0.25) is 11.8 Å². The summed E-state index contributed by atoms with van der Waals surface area (Å²) in [7, 11) is 0. The monoisotopic (exact) mass is 677 g/mol. The Morgan fingerprint density at radius 2 is 1.75 bits per heavy atom. The second-order valence-corrected chi connectivity index (χ2v) is 13.8. The fourth-order valence-electron chi connectivity index (χ4n) is 8.27. The molecule has 3 amide bonds. The molecule has 0 saturated carbocycles. The van der Waals surface area contributed by atoms with Crippen LogP contribution in [0.2, 0.25) is 5.02 Å². The first kappa shape index (κ1) is 35.6. The molecule has 1 spiro atoms. The van der Waals surface area contributed by atoms with Crippen LogP contribution in [0.4, 0.5) is 11.4 Å². The number of hydrogen-bond donors (Lipinski definition) is 1. The fourth-order valence-corrected chi connectivity index (χ4v) is 8.50. The lowest BCUT2D eigenvalue weighted by Crippen LogP contribution is -2.60. The van der Waals surface area contributed by atoms with Crippen molar-refractivity contribution in [3.63, 3.8) is 0 Å². The Hall–Kier alpha value is -3.66.